The summed E-state index contributed by atoms with van der Waals surface area (Å²) in [5.74, 6) is 0.0624. The van der Waals surface area contributed by atoms with E-state index in [1.807, 2.05) is 31.7 Å². The average Bonchev–Trinajstić information content (AvgIpc) is 2.28. The molecule has 0 atom stereocenters. The predicted molar refractivity (Wildman–Crippen MR) is 86.4 cm³/mol. The highest BCUT2D eigenvalue weighted by Gasteiger charge is 2.27. The zero-order valence-corrected chi connectivity index (χ0v) is 14.6. The molecule has 0 N–H and O–H groups in total. The number of aryl methyl sites for hydroxylation is 1. The summed E-state index contributed by atoms with van der Waals surface area (Å²) in [5, 5.41) is 1.75. The number of benzene rings is 1. The lowest BCUT2D eigenvalue weighted by Crippen LogP contribution is -2.44. The predicted octanol–water partition coefficient (Wildman–Crippen LogP) is 3.68. The van der Waals surface area contributed by atoms with Crippen LogP contribution in [-0.4, -0.2) is 32.0 Å². The molecule has 1 aromatic carbocycles. The van der Waals surface area contributed by atoms with Crippen molar-refractivity contribution in [2.24, 2.45) is 0 Å². The van der Waals surface area contributed by atoms with E-state index in [-0.39, 0.29) is 5.91 Å². The van der Waals surface area contributed by atoms with E-state index in [2.05, 4.69) is 25.7 Å². The van der Waals surface area contributed by atoms with E-state index in [4.69, 9.17) is 11.6 Å². The van der Waals surface area contributed by atoms with Gasteiger partial charge in [0.2, 0.25) is 0 Å². The molecule has 1 rings (SSSR count). The molecule has 0 bridgehead atoms. The van der Waals surface area contributed by atoms with Crippen LogP contribution in [0, 0.1) is 6.92 Å². The van der Waals surface area contributed by atoms with Gasteiger partial charge in [-0.3, -0.25) is 4.79 Å². The number of nitrogens with zero attached hydrogens (tertiary/aromatic N) is 1. The molecule has 0 aliphatic rings. The van der Waals surface area contributed by atoms with Crippen molar-refractivity contribution in [3.8, 4) is 0 Å². The minimum atomic E-state index is -1.61. The Kier molecular flexibility index (Phi) is 5.22. The second kappa shape index (κ2) is 6.10. The lowest BCUT2D eigenvalue weighted by atomic mass is 10.1. The monoisotopic (exact) mass is 297 g/mol. The van der Waals surface area contributed by atoms with Crippen molar-refractivity contribution in [1.29, 1.82) is 0 Å². The number of hydrogen-bond acceptors (Lipinski definition) is 1. The van der Waals surface area contributed by atoms with Crippen LogP contribution in [0.15, 0.2) is 12.1 Å². The van der Waals surface area contributed by atoms with Crippen LogP contribution in [0.3, 0.4) is 0 Å². The third-order valence-corrected chi connectivity index (χ3v) is 5.62. The van der Waals surface area contributed by atoms with Crippen LogP contribution >= 0.6 is 11.6 Å². The average molecular weight is 298 g/mol. The van der Waals surface area contributed by atoms with Gasteiger partial charge in [-0.1, -0.05) is 37.3 Å². The van der Waals surface area contributed by atoms with Gasteiger partial charge < -0.3 is 4.90 Å². The minimum absolute atomic E-state index is 0.0624. The first-order valence-corrected chi connectivity index (χ1v) is 10.7. The molecule has 2 nitrogen and oxygen atoms in total. The molecule has 0 aliphatic carbocycles. The first-order valence-electron chi connectivity index (χ1n) is 6.82. The first kappa shape index (κ1) is 16.3. The molecule has 0 aromatic heterocycles. The Morgan fingerprint density at radius 1 is 1.21 bits per heavy atom. The zero-order chi connectivity index (χ0) is 14.8. The standard InChI is InChI=1S/C15H24ClNOSi/c1-7-17(8-2)15(18)14-12(16)9-11(3)10-13(14)19(4,5)6/h9-10H,7-8H2,1-6H3. The van der Waals surface area contributed by atoms with E-state index in [1.54, 1.807) is 0 Å². The van der Waals surface area contributed by atoms with Crippen molar-refractivity contribution in [1.82, 2.24) is 4.90 Å². The SMILES string of the molecule is CCN(CC)C(=O)c1c(Cl)cc(C)cc1[Si](C)(C)C. The Bertz CT molecular complexity index is 476. The number of hydrogen-bond donors (Lipinski definition) is 0. The molecule has 1 aromatic rings. The van der Waals surface area contributed by atoms with E-state index >= 15 is 0 Å². The quantitative estimate of drug-likeness (QED) is 0.777. The van der Waals surface area contributed by atoms with Crippen molar-refractivity contribution in [2.45, 2.75) is 40.4 Å². The Hall–Kier alpha value is -0.803. The molecule has 0 fully saturated rings. The van der Waals surface area contributed by atoms with Crippen LogP contribution in [0.4, 0.5) is 0 Å². The topological polar surface area (TPSA) is 20.3 Å². The first-order chi connectivity index (χ1) is 8.72. The Balaban J connectivity index is 3.45. The lowest BCUT2D eigenvalue weighted by molar-refractivity contribution is 0.0774. The molecule has 0 saturated heterocycles. The molecule has 0 unspecified atom stereocenters. The summed E-state index contributed by atoms with van der Waals surface area (Å²) in [4.78, 5) is 14.5. The second-order valence-electron chi connectivity index (χ2n) is 5.90. The maximum Gasteiger partial charge on any atom is 0.255 e. The molecule has 0 aliphatic heterocycles. The maximum atomic E-state index is 12.7. The van der Waals surface area contributed by atoms with E-state index in [0.29, 0.717) is 18.1 Å². The van der Waals surface area contributed by atoms with Gasteiger partial charge in [0.25, 0.3) is 5.91 Å². The molecule has 19 heavy (non-hydrogen) atoms. The lowest BCUT2D eigenvalue weighted by Gasteiger charge is -2.26. The van der Waals surface area contributed by atoms with Crippen molar-refractivity contribution >= 4 is 30.8 Å². The highest BCUT2D eigenvalue weighted by Crippen LogP contribution is 2.21. The fourth-order valence-electron chi connectivity index (χ4n) is 2.22. The van der Waals surface area contributed by atoms with Crippen LogP contribution in [0.1, 0.15) is 29.8 Å². The van der Waals surface area contributed by atoms with E-state index in [1.165, 1.54) is 0 Å². The third-order valence-electron chi connectivity index (χ3n) is 3.31. The van der Waals surface area contributed by atoms with Crippen molar-refractivity contribution in [2.75, 3.05) is 13.1 Å². The fourth-order valence-corrected chi connectivity index (χ4v) is 4.31. The maximum absolute atomic E-state index is 12.7. The van der Waals surface area contributed by atoms with Gasteiger partial charge in [0.1, 0.15) is 0 Å². The molecule has 4 heteroatoms. The largest absolute Gasteiger partial charge is 0.339 e. The van der Waals surface area contributed by atoms with E-state index in [9.17, 15) is 4.79 Å². The van der Waals surface area contributed by atoms with Crippen LogP contribution < -0.4 is 5.19 Å². The molecule has 106 valence electrons. The summed E-state index contributed by atoms with van der Waals surface area (Å²) in [6.07, 6.45) is 0. The Morgan fingerprint density at radius 2 is 1.74 bits per heavy atom. The Labute approximate surface area is 122 Å². The number of amides is 1. The molecule has 0 heterocycles. The van der Waals surface area contributed by atoms with Crippen LogP contribution in [-0.2, 0) is 0 Å². The van der Waals surface area contributed by atoms with E-state index < -0.39 is 8.07 Å². The zero-order valence-electron chi connectivity index (χ0n) is 12.8. The number of carbonyl (C=O) groups is 1. The Morgan fingerprint density at radius 3 is 2.16 bits per heavy atom. The van der Waals surface area contributed by atoms with Crippen molar-refractivity contribution < 1.29 is 4.79 Å². The van der Waals surface area contributed by atoms with Gasteiger partial charge in [-0.2, -0.15) is 0 Å². The van der Waals surface area contributed by atoms with Gasteiger partial charge in [-0.05, 0) is 37.6 Å². The second-order valence-corrected chi connectivity index (χ2v) is 11.3. The number of halogens is 1. The van der Waals surface area contributed by atoms with Gasteiger partial charge in [-0.15, -0.1) is 0 Å². The van der Waals surface area contributed by atoms with Crippen molar-refractivity contribution in [3.05, 3.63) is 28.3 Å². The summed E-state index contributed by atoms with van der Waals surface area (Å²) in [5.41, 5.74) is 1.84. The van der Waals surface area contributed by atoms with E-state index in [0.717, 1.165) is 16.3 Å². The minimum Gasteiger partial charge on any atom is -0.339 e. The van der Waals surface area contributed by atoms with Crippen molar-refractivity contribution in [3.63, 3.8) is 0 Å². The fraction of sp³-hybridized carbons (Fsp3) is 0.533. The van der Waals surface area contributed by atoms with Gasteiger partial charge >= 0.3 is 0 Å². The summed E-state index contributed by atoms with van der Waals surface area (Å²) in [6, 6.07) is 4.02. The number of carbonyl (C=O) groups excluding carboxylic acids is 1. The smallest absolute Gasteiger partial charge is 0.255 e. The van der Waals surface area contributed by atoms with Gasteiger partial charge in [-0.25, -0.2) is 0 Å². The summed E-state index contributed by atoms with van der Waals surface area (Å²) in [7, 11) is -1.61. The summed E-state index contributed by atoms with van der Waals surface area (Å²) >= 11 is 6.37. The van der Waals surface area contributed by atoms with Crippen LogP contribution in [0.2, 0.25) is 24.7 Å². The molecular weight excluding hydrogens is 274 g/mol. The molecular formula is C15H24ClNOSi. The van der Waals surface area contributed by atoms with Crippen LogP contribution in [0.5, 0.6) is 0 Å². The molecule has 1 amide bonds. The summed E-state index contributed by atoms with van der Waals surface area (Å²) < 4.78 is 0. The normalized spacial score (nSPS) is 11.5. The number of rotatable bonds is 4. The third kappa shape index (κ3) is 3.60. The van der Waals surface area contributed by atoms with Gasteiger partial charge in [0.15, 0.2) is 0 Å². The van der Waals surface area contributed by atoms with Crippen LogP contribution in [0.25, 0.3) is 0 Å². The highest BCUT2D eigenvalue weighted by molar-refractivity contribution is 6.89. The highest BCUT2D eigenvalue weighted by atomic mass is 35.5. The van der Waals surface area contributed by atoms with Gasteiger partial charge in [0, 0.05) is 13.1 Å². The summed E-state index contributed by atoms with van der Waals surface area (Å²) in [6.45, 7) is 14.2. The molecule has 0 saturated carbocycles. The van der Waals surface area contributed by atoms with Gasteiger partial charge in [0.05, 0.1) is 18.7 Å². The molecule has 0 radical (unpaired) electrons. The molecule has 0 spiro atoms.